The highest BCUT2D eigenvalue weighted by atomic mass is 19.3. The third-order valence-electron chi connectivity index (χ3n) is 4.37. The number of aromatic nitrogens is 1. The van der Waals surface area contributed by atoms with Gasteiger partial charge in [-0.05, 0) is 30.9 Å². The van der Waals surface area contributed by atoms with Gasteiger partial charge in [-0.25, -0.2) is 8.78 Å². The molecule has 132 valence electrons. The molecule has 24 heavy (non-hydrogen) atoms. The minimum absolute atomic E-state index is 0.113. The van der Waals surface area contributed by atoms with E-state index in [1.54, 1.807) is 0 Å². The zero-order chi connectivity index (χ0) is 17.7. The first-order valence-corrected chi connectivity index (χ1v) is 7.95. The van der Waals surface area contributed by atoms with E-state index < -0.39 is 23.7 Å². The van der Waals surface area contributed by atoms with Crippen LogP contribution in [0.1, 0.15) is 45.7 Å². The van der Waals surface area contributed by atoms with Crippen molar-refractivity contribution in [3.8, 4) is 0 Å². The normalized spacial score (nSPS) is 19.7. The molecular weight excluding hydrogens is 318 g/mol. The van der Waals surface area contributed by atoms with Crippen LogP contribution in [-0.2, 0) is 6.42 Å². The number of halogens is 2. The molecule has 0 spiro atoms. The molecule has 1 aliphatic rings. The fourth-order valence-corrected chi connectivity index (χ4v) is 3.01. The highest BCUT2D eigenvalue weighted by molar-refractivity contribution is 6.00. The molecule has 1 atom stereocenters. The van der Waals surface area contributed by atoms with E-state index in [9.17, 15) is 18.4 Å². The Kier molecular flexibility index (Phi) is 5.82. The molecule has 0 radical (unpaired) electrons. The Morgan fingerprint density at radius 2 is 2.25 bits per heavy atom. The van der Waals surface area contributed by atoms with E-state index in [2.05, 4.69) is 15.6 Å². The summed E-state index contributed by atoms with van der Waals surface area (Å²) in [6, 6.07) is 1.45. The van der Waals surface area contributed by atoms with Crippen LogP contribution in [-0.4, -0.2) is 42.9 Å². The number of nitrogens with one attached hydrogen (secondary N) is 2. The maximum atomic E-state index is 13.9. The zero-order valence-corrected chi connectivity index (χ0v) is 13.6. The van der Waals surface area contributed by atoms with E-state index in [0.717, 1.165) is 0 Å². The van der Waals surface area contributed by atoms with Gasteiger partial charge in [-0.3, -0.25) is 14.6 Å². The molecular formula is C16H22F2N4O2. The molecule has 0 saturated carbocycles. The van der Waals surface area contributed by atoms with E-state index in [1.807, 2.05) is 0 Å². The van der Waals surface area contributed by atoms with Crippen LogP contribution < -0.4 is 16.4 Å². The number of hydrogen-bond donors (Lipinski definition) is 3. The van der Waals surface area contributed by atoms with Gasteiger partial charge in [0.25, 0.3) is 11.8 Å². The maximum Gasteiger partial charge on any atom is 0.269 e. The molecule has 1 aliphatic heterocycles. The molecule has 1 saturated heterocycles. The van der Waals surface area contributed by atoms with Crippen LogP contribution in [0.15, 0.2) is 12.3 Å². The van der Waals surface area contributed by atoms with Gasteiger partial charge < -0.3 is 16.4 Å². The van der Waals surface area contributed by atoms with Crippen LogP contribution >= 0.6 is 0 Å². The molecule has 4 N–H and O–H groups in total. The summed E-state index contributed by atoms with van der Waals surface area (Å²) in [5.74, 6) is -4.53. The number of hydrogen-bond acceptors (Lipinski definition) is 4. The van der Waals surface area contributed by atoms with Crippen molar-refractivity contribution in [3.05, 3.63) is 29.1 Å². The maximum absolute atomic E-state index is 13.9. The summed E-state index contributed by atoms with van der Waals surface area (Å²) in [5, 5.41) is 5.43. The number of piperidine rings is 1. The third-order valence-corrected chi connectivity index (χ3v) is 4.37. The summed E-state index contributed by atoms with van der Waals surface area (Å²) in [7, 11) is 1.46. The van der Waals surface area contributed by atoms with Crippen molar-refractivity contribution in [2.24, 2.45) is 11.7 Å². The molecule has 1 fully saturated rings. The van der Waals surface area contributed by atoms with Gasteiger partial charge >= 0.3 is 0 Å². The number of nitrogens with two attached hydrogens (primary N) is 1. The molecule has 6 nitrogen and oxygen atoms in total. The lowest BCUT2D eigenvalue weighted by Crippen LogP contribution is -2.44. The molecule has 0 aliphatic carbocycles. The number of amides is 2. The van der Waals surface area contributed by atoms with Gasteiger partial charge in [0, 0.05) is 44.2 Å². The fourth-order valence-electron chi connectivity index (χ4n) is 3.01. The van der Waals surface area contributed by atoms with Crippen LogP contribution in [0.25, 0.3) is 0 Å². The minimum atomic E-state index is -2.68. The topological polar surface area (TPSA) is 97.1 Å². The average Bonchev–Trinajstić information content (AvgIpc) is 2.55. The summed E-state index contributed by atoms with van der Waals surface area (Å²) >= 11 is 0. The predicted molar refractivity (Wildman–Crippen MR) is 85.0 cm³/mol. The van der Waals surface area contributed by atoms with Crippen LogP contribution in [0.3, 0.4) is 0 Å². The third kappa shape index (κ3) is 4.05. The van der Waals surface area contributed by atoms with E-state index in [-0.39, 0.29) is 24.2 Å². The number of rotatable bonds is 6. The largest absolute Gasteiger partial charge is 0.366 e. The number of pyridine rings is 1. The Morgan fingerprint density at radius 3 is 2.88 bits per heavy atom. The second-order valence-corrected chi connectivity index (χ2v) is 5.93. The Hall–Kier alpha value is -2.09. The smallest absolute Gasteiger partial charge is 0.269 e. The molecule has 2 rings (SSSR count). The minimum Gasteiger partial charge on any atom is -0.366 e. The molecule has 2 heterocycles. The van der Waals surface area contributed by atoms with Crippen LogP contribution in [0, 0.1) is 5.92 Å². The first kappa shape index (κ1) is 18.3. The van der Waals surface area contributed by atoms with Gasteiger partial charge in [-0.1, -0.05) is 0 Å². The Balaban J connectivity index is 2.13. The molecule has 1 aromatic rings. The van der Waals surface area contributed by atoms with E-state index in [1.165, 1.54) is 19.3 Å². The molecule has 0 aromatic carbocycles. The van der Waals surface area contributed by atoms with Gasteiger partial charge in [0.15, 0.2) is 0 Å². The van der Waals surface area contributed by atoms with Crippen LogP contribution in [0.2, 0.25) is 0 Å². The van der Waals surface area contributed by atoms with Gasteiger partial charge in [0.1, 0.15) is 5.69 Å². The lowest BCUT2D eigenvalue weighted by atomic mass is 9.88. The summed E-state index contributed by atoms with van der Waals surface area (Å²) in [4.78, 5) is 27.5. The molecule has 1 aromatic heterocycles. The molecule has 8 heteroatoms. The zero-order valence-electron chi connectivity index (χ0n) is 13.6. The van der Waals surface area contributed by atoms with Crippen molar-refractivity contribution in [2.75, 3.05) is 20.1 Å². The highest BCUT2D eigenvalue weighted by Crippen LogP contribution is 2.34. The van der Waals surface area contributed by atoms with Crippen LogP contribution in [0.4, 0.5) is 8.78 Å². The number of alkyl halides is 2. The second kappa shape index (κ2) is 7.65. The van der Waals surface area contributed by atoms with E-state index in [0.29, 0.717) is 31.4 Å². The fraction of sp³-hybridized carbons (Fsp3) is 0.562. The molecule has 2 amide bonds. The summed E-state index contributed by atoms with van der Waals surface area (Å²) in [5.41, 5.74) is 6.09. The summed E-state index contributed by atoms with van der Waals surface area (Å²) < 4.78 is 27.7. The van der Waals surface area contributed by atoms with Crippen molar-refractivity contribution in [1.82, 2.24) is 15.6 Å². The lowest BCUT2D eigenvalue weighted by Gasteiger charge is -2.32. The first-order chi connectivity index (χ1) is 11.4. The van der Waals surface area contributed by atoms with Gasteiger partial charge in [0.2, 0.25) is 5.91 Å². The Bertz CT molecular complexity index is 622. The highest BCUT2D eigenvalue weighted by Gasteiger charge is 2.40. The summed E-state index contributed by atoms with van der Waals surface area (Å²) in [6.45, 7) is 0.587. The summed E-state index contributed by atoms with van der Waals surface area (Å²) in [6.07, 6.45) is 2.17. The average molecular weight is 340 g/mol. The molecule has 0 bridgehead atoms. The number of carbonyl (C=O) groups excluding carboxylic acids is 2. The second-order valence-electron chi connectivity index (χ2n) is 5.93. The SMILES string of the molecule is CNC(=O)c1nccc(C(N)=O)c1CCCC1CNCCC1(F)F. The van der Waals surface area contributed by atoms with Gasteiger partial charge in [-0.2, -0.15) is 0 Å². The molecule has 1 unspecified atom stereocenters. The first-order valence-electron chi connectivity index (χ1n) is 7.95. The van der Waals surface area contributed by atoms with Crippen molar-refractivity contribution < 1.29 is 18.4 Å². The quantitative estimate of drug-likeness (QED) is 0.722. The Labute approximate surface area is 139 Å². The Morgan fingerprint density at radius 1 is 1.50 bits per heavy atom. The van der Waals surface area contributed by atoms with Crippen LogP contribution in [0.5, 0.6) is 0 Å². The number of nitrogens with zero attached hydrogens (tertiary/aromatic N) is 1. The van der Waals surface area contributed by atoms with Gasteiger partial charge in [-0.15, -0.1) is 0 Å². The van der Waals surface area contributed by atoms with Crippen molar-refractivity contribution >= 4 is 11.8 Å². The van der Waals surface area contributed by atoms with E-state index in [4.69, 9.17) is 5.73 Å². The standard InChI is InChI=1S/C16H22F2N4O2/c1-20-15(24)13-11(12(14(19)23)5-7-22-13)4-2-3-10-9-21-8-6-16(10,17)18/h5,7,10,21H,2-4,6,8-9H2,1H3,(H2,19,23)(H,20,24). The van der Waals surface area contributed by atoms with Crippen molar-refractivity contribution in [3.63, 3.8) is 0 Å². The van der Waals surface area contributed by atoms with Crippen molar-refractivity contribution in [2.45, 2.75) is 31.6 Å². The number of carbonyl (C=O) groups is 2. The predicted octanol–water partition coefficient (Wildman–Crippen LogP) is 1.11. The number of primary amides is 1. The van der Waals surface area contributed by atoms with Gasteiger partial charge in [0.05, 0.1) is 0 Å². The monoisotopic (exact) mass is 340 g/mol. The lowest BCUT2D eigenvalue weighted by molar-refractivity contribution is -0.0811. The van der Waals surface area contributed by atoms with E-state index >= 15 is 0 Å². The van der Waals surface area contributed by atoms with Crippen molar-refractivity contribution in [1.29, 1.82) is 0 Å².